The van der Waals surface area contributed by atoms with Gasteiger partial charge in [-0.15, -0.1) is 23.1 Å². The van der Waals surface area contributed by atoms with E-state index in [9.17, 15) is 13.2 Å². The molecule has 5 nitrogen and oxygen atoms in total. The molecule has 1 fully saturated rings. The molecule has 3 rings (SSSR count). The van der Waals surface area contributed by atoms with Gasteiger partial charge >= 0.3 is 0 Å². The SMILES string of the molecule is Cc1ccc(SCCNC(=O)c2sccc2S(=O)(=O)NC2CC2)cc1. The van der Waals surface area contributed by atoms with E-state index in [-0.39, 0.29) is 21.7 Å². The van der Waals surface area contributed by atoms with E-state index < -0.39 is 10.0 Å². The van der Waals surface area contributed by atoms with Gasteiger partial charge in [0.25, 0.3) is 5.91 Å². The van der Waals surface area contributed by atoms with Gasteiger partial charge in [0.1, 0.15) is 9.77 Å². The lowest BCUT2D eigenvalue weighted by Crippen LogP contribution is -2.30. The minimum absolute atomic E-state index is 0.0201. The number of rotatable bonds is 8. The monoisotopic (exact) mass is 396 g/mol. The Labute approximate surface area is 156 Å². The molecule has 0 bridgehead atoms. The van der Waals surface area contributed by atoms with E-state index in [1.807, 2.05) is 6.92 Å². The molecule has 1 aliphatic rings. The van der Waals surface area contributed by atoms with Crippen molar-refractivity contribution in [2.75, 3.05) is 12.3 Å². The second-order valence-electron chi connectivity index (χ2n) is 5.93. The number of thiophene rings is 1. The van der Waals surface area contributed by atoms with E-state index in [1.165, 1.54) is 11.6 Å². The number of thioether (sulfide) groups is 1. The highest BCUT2D eigenvalue weighted by molar-refractivity contribution is 7.99. The number of carbonyl (C=O) groups excluding carboxylic acids is 1. The Balaban J connectivity index is 1.53. The highest BCUT2D eigenvalue weighted by atomic mass is 32.2. The summed E-state index contributed by atoms with van der Waals surface area (Å²) in [7, 11) is -3.61. The summed E-state index contributed by atoms with van der Waals surface area (Å²) >= 11 is 2.80. The Morgan fingerprint density at radius 1 is 1.24 bits per heavy atom. The predicted molar refractivity (Wildman–Crippen MR) is 102 cm³/mol. The fourth-order valence-electron chi connectivity index (χ4n) is 2.21. The Morgan fingerprint density at radius 2 is 1.96 bits per heavy atom. The van der Waals surface area contributed by atoms with Crippen LogP contribution in [0, 0.1) is 6.92 Å². The zero-order valence-electron chi connectivity index (χ0n) is 13.8. The third-order valence-electron chi connectivity index (χ3n) is 3.70. The van der Waals surface area contributed by atoms with Gasteiger partial charge in [0.05, 0.1) is 0 Å². The summed E-state index contributed by atoms with van der Waals surface area (Å²) in [6.07, 6.45) is 1.72. The minimum atomic E-state index is -3.61. The summed E-state index contributed by atoms with van der Waals surface area (Å²) in [6, 6.07) is 9.72. The number of aryl methyl sites for hydroxylation is 1. The summed E-state index contributed by atoms with van der Waals surface area (Å²) in [5, 5.41) is 4.44. The first kappa shape index (κ1) is 18.4. The van der Waals surface area contributed by atoms with E-state index in [4.69, 9.17) is 0 Å². The van der Waals surface area contributed by atoms with Crippen molar-refractivity contribution in [3.8, 4) is 0 Å². The molecule has 1 aromatic heterocycles. The van der Waals surface area contributed by atoms with Crippen molar-refractivity contribution < 1.29 is 13.2 Å². The molecule has 1 aliphatic carbocycles. The van der Waals surface area contributed by atoms with Crippen molar-refractivity contribution in [2.24, 2.45) is 0 Å². The van der Waals surface area contributed by atoms with Crippen LogP contribution >= 0.6 is 23.1 Å². The number of sulfonamides is 1. The molecule has 1 aromatic carbocycles. The van der Waals surface area contributed by atoms with Crippen molar-refractivity contribution in [2.45, 2.75) is 35.6 Å². The summed E-state index contributed by atoms with van der Waals surface area (Å²) in [4.78, 5) is 13.8. The molecule has 0 unspecified atom stereocenters. The first-order chi connectivity index (χ1) is 12.0. The van der Waals surface area contributed by atoms with Crippen LogP contribution in [0.5, 0.6) is 0 Å². The van der Waals surface area contributed by atoms with Crippen LogP contribution in [0.4, 0.5) is 0 Å². The Morgan fingerprint density at radius 3 is 2.64 bits per heavy atom. The summed E-state index contributed by atoms with van der Waals surface area (Å²) in [6.45, 7) is 2.52. The van der Waals surface area contributed by atoms with Crippen LogP contribution in [-0.4, -0.2) is 32.7 Å². The van der Waals surface area contributed by atoms with Gasteiger partial charge in [-0.1, -0.05) is 17.7 Å². The number of hydrogen-bond acceptors (Lipinski definition) is 5. The highest BCUT2D eigenvalue weighted by Crippen LogP contribution is 2.26. The van der Waals surface area contributed by atoms with Gasteiger partial charge in [-0.2, -0.15) is 0 Å². The van der Waals surface area contributed by atoms with Gasteiger partial charge in [-0.3, -0.25) is 4.79 Å². The number of carbonyl (C=O) groups is 1. The second kappa shape index (κ2) is 7.90. The first-order valence-corrected chi connectivity index (χ1v) is 11.4. The maximum absolute atomic E-state index is 12.3. The largest absolute Gasteiger partial charge is 0.350 e. The van der Waals surface area contributed by atoms with Crippen LogP contribution < -0.4 is 10.0 Å². The topological polar surface area (TPSA) is 75.3 Å². The fourth-order valence-corrected chi connectivity index (χ4v) is 5.62. The molecule has 25 heavy (non-hydrogen) atoms. The van der Waals surface area contributed by atoms with Crippen molar-refractivity contribution >= 4 is 39.0 Å². The molecule has 0 atom stereocenters. The summed E-state index contributed by atoms with van der Waals surface area (Å²) in [5.41, 5.74) is 1.21. The van der Waals surface area contributed by atoms with Gasteiger partial charge < -0.3 is 5.32 Å². The second-order valence-corrected chi connectivity index (χ2v) is 9.69. The van der Waals surface area contributed by atoms with Crippen LogP contribution in [-0.2, 0) is 10.0 Å². The normalized spacial score (nSPS) is 14.4. The molecule has 0 spiro atoms. The van der Waals surface area contributed by atoms with Crippen molar-refractivity contribution in [3.05, 3.63) is 46.2 Å². The number of benzene rings is 1. The van der Waals surface area contributed by atoms with E-state index in [2.05, 4.69) is 34.3 Å². The quantitative estimate of drug-likeness (QED) is 0.531. The van der Waals surface area contributed by atoms with Crippen molar-refractivity contribution in [3.63, 3.8) is 0 Å². The first-order valence-electron chi connectivity index (χ1n) is 8.03. The van der Waals surface area contributed by atoms with Crippen LogP contribution in [0.1, 0.15) is 28.1 Å². The molecule has 2 N–H and O–H groups in total. The lowest BCUT2D eigenvalue weighted by atomic mass is 10.2. The third-order valence-corrected chi connectivity index (χ3v) is 7.32. The molecule has 1 amide bonds. The van der Waals surface area contributed by atoms with Crippen molar-refractivity contribution in [1.29, 1.82) is 0 Å². The Bertz CT molecular complexity index is 840. The van der Waals surface area contributed by atoms with Crippen LogP contribution in [0.25, 0.3) is 0 Å². The van der Waals surface area contributed by atoms with E-state index in [0.717, 1.165) is 34.8 Å². The van der Waals surface area contributed by atoms with Crippen LogP contribution in [0.2, 0.25) is 0 Å². The summed E-state index contributed by atoms with van der Waals surface area (Å²) < 4.78 is 27.3. The molecule has 1 heterocycles. The molecular formula is C17H20N2O3S3. The van der Waals surface area contributed by atoms with E-state index in [1.54, 1.807) is 17.1 Å². The molecule has 2 aromatic rings. The zero-order chi connectivity index (χ0) is 17.9. The lowest BCUT2D eigenvalue weighted by Gasteiger charge is -2.08. The molecular weight excluding hydrogens is 376 g/mol. The maximum Gasteiger partial charge on any atom is 0.262 e. The Kier molecular flexibility index (Phi) is 5.83. The van der Waals surface area contributed by atoms with Crippen molar-refractivity contribution in [1.82, 2.24) is 10.0 Å². The van der Waals surface area contributed by atoms with Gasteiger partial charge in [0.2, 0.25) is 10.0 Å². The number of amides is 1. The Hall–Kier alpha value is -1.35. The molecule has 0 saturated heterocycles. The molecule has 1 saturated carbocycles. The van der Waals surface area contributed by atoms with E-state index in [0.29, 0.717) is 6.54 Å². The third kappa shape index (κ3) is 5.07. The lowest BCUT2D eigenvalue weighted by molar-refractivity contribution is 0.0957. The van der Waals surface area contributed by atoms with Crippen LogP contribution in [0.3, 0.4) is 0 Å². The fraction of sp³-hybridized carbons (Fsp3) is 0.353. The van der Waals surface area contributed by atoms with E-state index >= 15 is 0 Å². The van der Waals surface area contributed by atoms with Gasteiger partial charge in [-0.05, 0) is 43.3 Å². The number of hydrogen-bond donors (Lipinski definition) is 2. The standard InChI is InChI=1S/C17H20N2O3S3/c1-12-2-6-14(7-3-12)23-11-9-18-17(20)16-15(8-10-24-16)25(21,22)19-13-4-5-13/h2-3,6-8,10,13,19H,4-5,9,11H2,1H3,(H,18,20). The highest BCUT2D eigenvalue weighted by Gasteiger charge is 2.31. The van der Waals surface area contributed by atoms with Gasteiger partial charge in [0, 0.05) is 23.2 Å². The maximum atomic E-state index is 12.3. The molecule has 134 valence electrons. The number of nitrogens with one attached hydrogen (secondary N) is 2. The average Bonchev–Trinajstić information content (AvgIpc) is 3.23. The molecule has 0 radical (unpaired) electrons. The minimum Gasteiger partial charge on any atom is -0.350 e. The smallest absolute Gasteiger partial charge is 0.262 e. The predicted octanol–water partition coefficient (Wildman–Crippen LogP) is 3.02. The molecule has 0 aliphatic heterocycles. The summed E-state index contributed by atoms with van der Waals surface area (Å²) in [5.74, 6) is 0.387. The average molecular weight is 397 g/mol. The molecule has 8 heteroatoms. The van der Waals surface area contributed by atoms with Gasteiger partial charge in [-0.25, -0.2) is 13.1 Å². The van der Waals surface area contributed by atoms with Gasteiger partial charge in [0.15, 0.2) is 0 Å². The van der Waals surface area contributed by atoms with Crippen LogP contribution in [0.15, 0.2) is 45.5 Å². The zero-order valence-corrected chi connectivity index (χ0v) is 16.3.